The molecule has 0 N–H and O–H groups in total. The Morgan fingerprint density at radius 1 is 0.857 bits per heavy atom. The number of hydrogen-bond donors (Lipinski definition) is 0. The minimum absolute atomic E-state index is 0.0540. The Morgan fingerprint density at radius 2 is 1.52 bits per heavy atom. The maximum absolute atomic E-state index is 4.56. The van der Waals surface area contributed by atoms with E-state index in [0.29, 0.717) is 0 Å². The highest BCUT2D eigenvalue weighted by atomic mass is 15.3. The average molecular weight is 277 g/mol. The van der Waals surface area contributed by atoms with E-state index in [1.807, 2.05) is 50.3 Å². The van der Waals surface area contributed by atoms with Crippen molar-refractivity contribution in [2.45, 2.75) is 26.2 Å². The van der Waals surface area contributed by atoms with Gasteiger partial charge in [-0.3, -0.25) is 9.19 Å². The third-order valence-electron chi connectivity index (χ3n) is 3.29. The molecule has 0 saturated carbocycles. The predicted molar refractivity (Wildman–Crippen MR) is 85.1 cm³/mol. The lowest BCUT2D eigenvalue weighted by atomic mass is 9.93. The Morgan fingerprint density at radius 3 is 2.19 bits per heavy atom. The molecule has 2 aromatic heterocycles. The molecule has 0 saturated heterocycles. The summed E-state index contributed by atoms with van der Waals surface area (Å²) in [4.78, 5) is 0. The molecular formula is C16H18BN4. The molecule has 1 aromatic carbocycles. The summed E-state index contributed by atoms with van der Waals surface area (Å²) in [5, 5.41) is 9.11. The minimum Gasteiger partial charge on any atom is -0.292 e. The lowest BCUT2D eigenvalue weighted by Gasteiger charge is -2.14. The van der Waals surface area contributed by atoms with Crippen LogP contribution in [0.3, 0.4) is 0 Å². The van der Waals surface area contributed by atoms with Crippen molar-refractivity contribution in [2.24, 2.45) is 0 Å². The summed E-state index contributed by atoms with van der Waals surface area (Å²) in [5.74, 6) is 0. The smallest absolute Gasteiger partial charge is 0.292 e. The van der Waals surface area contributed by atoms with Crippen molar-refractivity contribution in [3.8, 4) is 11.3 Å². The summed E-state index contributed by atoms with van der Waals surface area (Å²) >= 11 is 0. The van der Waals surface area contributed by atoms with E-state index in [4.69, 9.17) is 0 Å². The van der Waals surface area contributed by atoms with Crippen LogP contribution in [-0.2, 0) is 5.41 Å². The first-order valence-corrected chi connectivity index (χ1v) is 7.03. The Bertz CT molecular complexity index is 722. The topological polar surface area (TPSA) is 35.6 Å². The molecule has 0 aliphatic carbocycles. The molecule has 1 radical (unpaired) electrons. The normalized spacial score (nSPS) is 11.6. The molecule has 3 aromatic rings. The molecule has 0 amide bonds. The zero-order valence-corrected chi connectivity index (χ0v) is 12.6. The van der Waals surface area contributed by atoms with Crippen LogP contribution in [0.1, 0.15) is 26.5 Å². The fourth-order valence-corrected chi connectivity index (χ4v) is 2.09. The standard InChI is InChI=1S/C16H18BN4/c1-16(2,3)15-10-12-21(19-15)17-20-11-9-14(18-20)13-7-5-4-6-8-13/h4-12H,1-3H3. The zero-order chi connectivity index (χ0) is 14.9. The summed E-state index contributed by atoms with van der Waals surface area (Å²) in [5.41, 5.74) is 3.18. The van der Waals surface area contributed by atoms with Crippen molar-refractivity contribution in [1.29, 1.82) is 0 Å². The van der Waals surface area contributed by atoms with Gasteiger partial charge in [-0.15, -0.1) is 0 Å². The quantitative estimate of drug-likeness (QED) is 0.690. The number of rotatable bonds is 3. The van der Waals surface area contributed by atoms with E-state index in [1.165, 1.54) is 0 Å². The molecule has 2 heterocycles. The number of nitrogens with zero attached hydrogens (tertiary/aromatic N) is 4. The first-order chi connectivity index (χ1) is 10.0. The Balaban J connectivity index is 1.77. The Labute approximate surface area is 125 Å². The van der Waals surface area contributed by atoms with E-state index in [2.05, 4.69) is 43.1 Å². The van der Waals surface area contributed by atoms with E-state index in [-0.39, 0.29) is 5.41 Å². The van der Waals surface area contributed by atoms with Gasteiger partial charge in [0.15, 0.2) is 0 Å². The van der Waals surface area contributed by atoms with Crippen molar-refractivity contribution < 1.29 is 0 Å². The molecule has 4 nitrogen and oxygen atoms in total. The molecule has 0 atom stereocenters. The maximum atomic E-state index is 4.56. The molecule has 0 aliphatic rings. The monoisotopic (exact) mass is 277 g/mol. The van der Waals surface area contributed by atoms with E-state index in [9.17, 15) is 0 Å². The highest BCUT2D eigenvalue weighted by Crippen LogP contribution is 2.19. The van der Waals surface area contributed by atoms with Gasteiger partial charge in [-0.05, 0) is 12.1 Å². The largest absolute Gasteiger partial charge is 0.436 e. The predicted octanol–water partition coefficient (Wildman–Crippen LogP) is 2.97. The van der Waals surface area contributed by atoms with Gasteiger partial charge in [0, 0.05) is 23.4 Å². The van der Waals surface area contributed by atoms with Crippen molar-refractivity contribution in [2.75, 3.05) is 0 Å². The van der Waals surface area contributed by atoms with Crippen molar-refractivity contribution in [3.05, 3.63) is 60.6 Å². The van der Waals surface area contributed by atoms with E-state index < -0.39 is 0 Å². The second-order valence-corrected chi connectivity index (χ2v) is 6.09. The second-order valence-electron chi connectivity index (χ2n) is 6.09. The molecule has 0 unspecified atom stereocenters. The fourth-order valence-electron chi connectivity index (χ4n) is 2.09. The van der Waals surface area contributed by atoms with Crippen molar-refractivity contribution in [1.82, 2.24) is 19.4 Å². The molecule has 3 rings (SSSR count). The van der Waals surface area contributed by atoms with Crippen LogP contribution in [0, 0.1) is 0 Å². The Kier molecular flexibility index (Phi) is 3.41. The summed E-state index contributed by atoms with van der Waals surface area (Å²) in [7, 11) is 1.86. The van der Waals surface area contributed by atoms with Crippen molar-refractivity contribution >= 4 is 7.55 Å². The third kappa shape index (κ3) is 3.07. The maximum Gasteiger partial charge on any atom is 0.436 e. The fraction of sp³-hybridized carbons (Fsp3) is 0.250. The van der Waals surface area contributed by atoms with Gasteiger partial charge >= 0.3 is 7.55 Å². The molecular weight excluding hydrogens is 259 g/mol. The van der Waals surface area contributed by atoms with Crippen LogP contribution in [0.2, 0.25) is 0 Å². The van der Waals surface area contributed by atoms with Gasteiger partial charge in [-0.25, -0.2) is 0 Å². The van der Waals surface area contributed by atoms with Crippen LogP contribution >= 0.6 is 0 Å². The number of benzene rings is 1. The van der Waals surface area contributed by atoms with E-state index >= 15 is 0 Å². The minimum atomic E-state index is 0.0540. The van der Waals surface area contributed by atoms with E-state index in [1.54, 1.807) is 9.19 Å². The highest BCUT2D eigenvalue weighted by Gasteiger charge is 2.17. The third-order valence-corrected chi connectivity index (χ3v) is 3.29. The van der Waals surface area contributed by atoms with Crippen LogP contribution in [0.4, 0.5) is 0 Å². The van der Waals surface area contributed by atoms with Crippen LogP contribution in [-0.4, -0.2) is 26.9 Å². The van der Waals surface area contributed by atoms with Gasteiger partial charge in [0.1, 0.15) is 0 Å². The van der Waals surface area contributed by atoms with Gasteiger partial charge in [-0.1, -0.05) is 51.1 Å². The first-order valence-electron chi connectivity index (χ1n) is 7.03. The van der Waals surface area contributed by atoms with Crippen LogP contribution in [0.25, 0.3) is 11.3 Å². The number of aromatic nitrogens is 4. The molecule has 5 heteroatoms. The molecule has 0 bridgehead atoms. The summed E-state index contributed by atoms with van der Waals surface area (Å²) < 4.78 is 3.57. The van der Waals surface area contributed by atoms with Gasteiger partial charge in [-0.2, -0.15) is 10.2 Å². The lowest BCUT2D eigenvalue weighted by Crippen LogP contribution is -2.20. The SMILES string of the molecule is CC(C)(C)c1ccn([B]n2ccc(-c3ccccc3)n2)n1. The summed E-state index contributed by atoms with van der Waals surface area (Å²) in [6.45, 7) is 6.46. The van der Waals surface area contributed by atoms with Crippen LogP contribution in [0.5, 0.6) is 0 Å². The average Bonchev–Trinajstić information content (AvgIpc) is 3.09. The van der Waals surface area contributed by atoms with Gasteiger partial charge in [0.2, 0.25) is 0 Å². The molecule has 21 heavy (non-hydrogen) atoms. The second kappa shape index (κ2) is 5.24. The van der Waals surface area contributed by atoms with Gasteiger partial charge < -0.3 is 0 Å². The van der Waals surface area contributed by atoms with Gasteiger partial charge in [0.05, 0.1) is 11.4 Å². The highest BCUT2D eigenvalue weighted by molar-refractivity contribution is 6.30. The van der Waals surface area contributed by atoms with E-state index in [0.717, 1.165) is 17.0 Å². The zero-order valence-electron chi connectivity index (χ0n) is 12.6. The first kappa shape index (κ1) is 13.7. The molecule has 0 aliphatic heterocycles. The Hall–Kier alpha value is -2.30. The molecule has 0 fully saturated rings. The summed E-state index contributed by atoms with van der Waals surface area (Å²) in [6.07, 6.45) is 3.88. The number of hydrogen-bond acceptors (Lipinski definition) is 2. The van der Waals surface area contributed by atoms with Gasteiger partial charge in [0.25, 0.3) is 0 Å². The summed E-state index contributed by atoms with van der Waals surface area (Å²) in [6, 6.07) is 14.2. The molecule has 0 spiro atoms. The van der Waals surface area contributed by atoms with Crippen molar-refractivity contribution in [3.63, 3.8) is 0 Å². The van der Waals surface area contributed by atoms with Crippen LogP contribution in [0.15, 0.2) is 54.9 Å². The van der Waals surface area contributed by atoms with Crippen LogP contribution < -0.4 is 0 Å². The molecule has 105 valence electrons. The lowest BCUT2D eigenvalue weighted by molar-refractivity contribution is 0.563.